The molecular formula is C12H17N3O2. The molecule has 5 nitrogen and oxygen atoms in total. The Bertz CT molecular complexity index is 408. The first-order chi connectivity index (χ1) is 8.22. The third kappa shape index (κ3) is 2.55. The molecule has 17 heavy (non-hydrogen) atoms. The van der Waals surface area contributed by atoms with Crippen molar-refractivity contribution >= 4 is 11.6 Å². The van der Waals surface area contributed by atoms with E-state index in [-0.39, 0.29) is 12.0 Å². The van der Waals surface area contributed by atoms with E-state index in [0.717, 1.165) is 19.4 Å². The van der Waals surface area contributed by atoms with Crippen molar-refractivity contribution in [3.63, 3.8) is 0 Å². The summed E-state index contributed by atoms with van der Waals surface area (Å²) >= 11 is 0. The zero-order valence-electron chi connectivity index (χ0n) is 9.93. The third-order valence-electron chi connectivity index (χ3n) is 3.08. The minimum Gasteiger partial charge on any atom is -0.397 e. The third-order valence-corrected chi connectivity index (χ3v) is 3.08. The van der Waals surface area contributed by atoms with Crippen LogP contribution in [-0.4, -0.2) is 42.1 Å². The molecule has 0 aromatic carbocycles. The van der Waals surface area contributed by atoms with Crippen LogP contribution >= 0.6 is 0 Å². The summed E-state index contributed by atoms with van der Waals surface area (Å²) in [6.07, 6.45) is 5.20. The summed E-state index contributed by atoms with van der Waals surface area (Å²) in [5, 5.41) is 0. The van der Waals surface area contributed by atoms with Crippen LogP contribution in [0, 0.1) is 0 Å². The summed E-state index contributed by atoms with van der Waals surface area (Å²) < 4.78 is 5.30. The Labute approximate surface area is 101 Å². The van der Waals surface area contributed by atoms with E-state index in [1.165, 1.54) is 6.20 Å². The standard InChI is InChI=1S/C12H17N3O2/c1-17-9-3-2-6-15(8-9)12(16)10-4-5-14-7-11(10)13/h4-5,7,9H,2-3,6,8,13H2,1H3. The maximum Gasteiger partial charge on any atom is 0.256 e. The van der Waals surface area contributed by atoms with Crippen molar-refractivity contribution < 1.29 is 9.53 Å². The average molecular weight is 235 g/mol. The molecule has 1 fully saturated rings. The van der Waals surface area contributed by atoms with E-state index in [1.54, 1.807) is 24.3 Å². The monoisotopic (exact) mass is 235 g/mol. The first-order valence-electron chi connectivity index (χ1n) is 5.74. The number of nitrogens with two attached hydrogens (primary N) is 1. The van der Waals surface area contributed by atoms with E-state index in [4.69, 9.17) is 10.5 Å². The molecule has 92 valence electrons. The highest BCUT2D eigenvalue weighted by molar-refractivity contribution is 5.98. The van der Waals surface area contributed by atoms with Crippen LogP contribution in [0.1, 0.15) is 23.2 Å². The van der Waals surface area contributed by atoms with E-state index >= 15 is 0 Å². The van der Waals surface area contributed by atoms with Gasteiger partial charge in [0, 0.05) is 26.4 Å². The lowest BCUT2D eigenvalue weighted by atomic mass is 10.1. The highest BCUT2D eigenvalue weighted by atomic mass is 16.5. The summed E-state index contributed by atoms with van der Waals surface area (Å²) in [6.45, 7) is 1.40. The SMILES string of the molecule is COC1CCCN(C(=O)c2ccncc2N)C1. The van der Waals surface area contributed by atoms with Crippen molar-refractivity contribution in [2.24, 2.45) is 0 Å². The number of amides is 1. The fourth-order valence-corrected chi connectivity index (χ4v) is 2.09. The minimum atomic E-state index is -0.0355. The predicted octanol–water partition coefficient (Wildman–Crippen LogP) is 0.915. The lowest BCUT2D eigenvalue weighted by molar-refractivity contribution is 0.0269. The maximum atomic E-state index is 12.2. The number of hydrogen-bond acceptors (Lipinski definition) is 4. The summed E-state index contributed by atoms with van der Waals surface area (Å²) in [4.78, 5) is 17.9. The smallest absolute Gasteiger partial charge is 0.256 e. The molecule has 0 spiro atoms. The number of pyridine rings is 1. The number of anilines is 1. The van der Waals surface area contributed by atoms with E-state index in [0.29, 0.717) is 17.8 Å². The van der Waals surface area contributed by atoms with Crippen molar-refractivity contribution in [3.8, 4) is 0 Å². The van der Waals surface area contributed by atoms with E-state index < -0.39 is 0 Å². The van der Waals surface area contributed by atoms with Crippen LogP contribution in [-0.2, 0) is 4.74 Å². The lowest BCUT2D eigenvalue weighted by Gasteiger charge is -2.32. The van der Waals surface area contributed by atoms with Crippen LogP contribution in [0.3, 0.4) is 0 Å². The Morgan fingerprint density at radius 1 is 1.65 bits per heavy atom. The zero-order chi connectivity index (χ0) is 12.3. The number of nitrogen functional groups attached to an aromatic ring is 1. The molecule has 2 rings (SSSR count). The molecule has 1 aromatic heterocycles. The Kier molecular flexibility index (Phi) is 3.58. The van der Waals surface area contributed by atoms with Crippen LogP contribution in [0.4, 0.5) is 5.69 Å². The second-order valence-electron chi connectivity index (χ2n) is 4.21. The van der Waals surface area contributed by atoms with Crippen molar-refractivity contribution in [2.75, 3.05) is 25.9 Å². The first kappa shape index (κ1) is 11.9. The number of rotatable bonds is 2. The number of piperidine rings is 1. The fourth-order valence-electron chi connectivity index (χ4n) is 2.09. The van der Waals surface area contributed by atoms with Gasteiger partial charge in [0.1, 0.15) is 0 Å². The molecule has 0 radical (unpaired) electrons. The van der Waals surface area contributed by atoms with Crippen LogP contribution in [0.2, 0.25) is 0 Å². The zero-order valence-corrected chi connectivity index (χ0v) is 9.93. The van der Waals surface area contributed by atoms with Crippen LogP contribution in [0.25, 0.3) is 0 Å². The molecular weight excluding hydrogens is 218 g/mol. The second-order valence-corrected chi connectivity index (χ2v) is 4.21. The van der Waals surface area contributed by atoms with Crippen molar-refractivity contribution in [1.29, 1.82) is 0 Å². The highest BCUT2D eigenvalue weighted by Gasteiger charge is 2.25. The number of carbonyl (C=O) groups is 1. The Balaban J connectivity index is 2.12. The normalized spacial score (nSPS) is 20.3. The lowest BCUT2D eigenvalue weighted by Crippen LogP contribution is -2.43. The number of likely N-dealkylation sites (tertiary alicyclic amines) is 1. The molecule has 1 aliphatic heterocycles. The Morgan fingerprint density at radius 3 is 3.18 bits per heavy atom. The number of methoxy groups -OCH3 is 1. The number of hydrogen-bond donors (Lipinski definition) is 1. The Morgan fingerprint density at radius 2 is 2.47 bits per heavy atom. The van der Waals surface area contributed by atoms with Gasteiger partial charge < -0.3 is 15.4 Å². The van der Waals surface area contributed by atoms with Gasteiger partial charge in [-0.05, 0) is 18.9 Å². The topological polar surface area (TPSA) is 68.5 Å². The van der Waals surface area contributed by atoms with Crippen LogP contribution < -0.4 is 5.73 Å². The van der Waals surface area contributed by atoms with Gasteiger partial charge in [0.15, 0.2) is 0 Å². The molecule has 2 N–H and O–H groups in total. The summed E-state index contributed by atoms with van der Waals surface area (Å²) in [6, 6.07) is 1.66. The molecule has 0 bridgehead atoms. The van der Waals surface area contributed by atoms with Crippen molar-refractivity contribution in [3.05, 3.63) is 24.0 Å². The minimum absolute atomic E-state index is 0.0355. The number of carbonyl (C=O) groups excluding carboxylic acids is 1. The van der Waals surface area contributed by atoms with Crippen LogP contribution in [0.15, 0.2) is 18.5 Å². The maximum absolute atomic E-state index is 12.2. The van der Waals surface area contributed by atoms with Gasteiger partial charge in [-0.25, -0.2) is 0 Å². The number of nitrogens with zero attached hydrogens (tertiary/aromatic N) is 2. The molecule has 1 aromatic rings. The Hall–Kier alpha value is -1.62. The molecule has 0 aliphatic carbocycles. The fraction of sp³-hybridized carbons (Fsp3) is 0.500. The molecule has 1 amide bonds. The molecule has 1 atom stereocenters. The highest BCUT2D eigenvalue weighted by Crippen LogP contribution is 2.18. The predicted molar refractivity (Wildman–Crippen MR) is 64.6 cm³/mol. The molecule has 0 saturated carbocycles. The number of ether oxygens (including phenoxy) is 1. The average Bonchev–Trinajstić information content (AvgIpc) is 2.38. The van der Waals surface area contributed by atoms with Crippen molar-refractivity contribution in [1.82, 2.24) is 9.88 Å². The summed E-state index contributed by atoms with van der Waals surface area (Å²) in [5.74, 6) is -0.0355. The van der Waals surface area contributed by atoms with Gasteiger partial charge in [-0.15, -0.1) is 0 Å². The van der Waals surface area contributed by atoms with Gasteiger partial charge >= 0.3 is 0 Å². The van der Waals surface area contributed by atoms with E-state index in [9.17, 15) is 4.79 Å². The molecule has 2 heterocycles. The molecule has 1 saturated heterocycles. The summed E-state index contributed by atoms with van der Waals surface area (Å²) in [5.41, 5.74) is 6.71. The largest absolute Gasteiger partial charge is 0.397 e. The van der Waals surface area contributed by atoms with Crippen LogP contribution in [0.5, 0.6) is 0 Å². The van der Waals surface area contributed by atoms with Crippen molar-refractivity contribution in [2.45, 2.75) is 18.9 Å². The van der Waals surface area contributed by atoms with Gasteiger partial charge in [0.25, 0.3) is 5.91 Å². The van der Waals surface area contributed by atoms with E-state index in [1.807, 2.05) is 0 Å². The first-order valence-corrected chi connectivity index (χ1v) is 5.74. The quantitative estimate of drug-likeness (QED) is 0.827. The van der Waals surface area contributed by atoms with Gasteiger partial charge in [-0.1, -0.05) is 0 Å². The second kappa shape index (κ2) is 5.14. The number of aromatic nitrogens is 1. The molecule has 1 unspecified atom stereocenters. The van der Waals surface area contributed by atoms with Gasteiger partial charge in [0.05, 0.1) is 23.6 Å². The van der Waals surface area contributed by atoms with Gasteiger partial charge in [-0.3, -0.25) is 9.78 Å². The van der Waals surface area contributed by atoms with Gasteiger partial charge in [0.2, 0.25) is 0 Å². The molecule has 1 aliphatic rings. The van der Waals surface area contributed by atoms with E-state index in [2.05, 4.69) is 4.98 Å². The summed E-state index contributed by atoms with van der Waals surface area (Å²) in [7, 11) is 1.68. The van der Waals surface area contributed by atoms with Gasteiger partial charge in [-0.2, -0.15) is 0 Å². The molecule has 5 heteroatoms.